The van der Waals surface area contributed by atoms with Crippen LogP contribution < -0.4 is 10.6 Å². The third-order valence-corrected chi connectivity index (χ3v) is 5.04. The van der Waals surface area contributed by atoms with Gasteiger partial charge in [0.2, 0.25) is 11.8 Å². The van der Waals surface area contributed by atoms with Crippen molar-refractivity contribution in [1.82, 2.24) is 15.5 Å². The van der Waals surface area contributed by atoms with Gasteiger partial charge >= 0.3 is 0 Å². The number of piperidine rings is 1. The number of hydrogen-bond acceptors (Lipinski definition) is 3. The van der Waals surface area contributed by atoms with E-state index in [9.17, 15) is 9.59 Å². The Bertz CT molecular complexity index is 424. The minimum absolute atomic E-state index is 0.0157. The maximum Gasteiger partial charge on any atom is 0.245 e. The van der Waals surface area contributed by atoms with Crippen molar-refractivity contribution in [3.05, 3.63) is 0 Å². The molecule has 0 spiro atoms. The molecule has 1 aliphatic heterocycles. The van der Waals surface area contributed by atoms with E-state index < -0.39 is 6.04 Å². The van der Waals surface area contributed by atoms with E-state index in [1.807, 2.05) is 32.6 Å². The molecule has 2 N–H and O–H groups in total. The summed E-state index contributed by atoms with van der Waals surface area (Å²) < 4.78 is 0. The molecule has 2 fully saturated rings. The number of nitrogens with one attached hydrogen (secondary N) is 2. The van der Waals surface area contributed by atoms with Crippen LogP contribution in [0.2, 0.25) is 0 Å². The van der Waals surface area contributed by atoms with Crippen molar-refractivity contribution in [1.29, 1.82) is 0 Å². The third kappa shape index (κ3) is 6.08. The molecule has 1 aliphatic carbocycles. The van der Waals surface area contributed by atoms with E-state index in [4.69, 9.17) is 0 Å². The average molecular weight is 338 g/mol. The summed E-state index contributed by atoms with van der Waals surface area (Å²) in [6.07, 6.45) is 5.25. The number of carbonyl (C=O) groups is 2. The maximum absolute atomic E-state index is 12.8. The Morgan fingerprint density at radius 2 is 1.67 bits per heavy atom. The highest BCUT2D eigenvalue weighted by atomic mass is 16.2. The van der Waals surface area contributed by atoms with Gasteiger partial charge in [-0.25, -0.2) is 0 Å². The van der Waals surface area contributed by atoms with E-state index in [0.29, 0.717) is 18.4 Å². The second kappa shape index (κ2) is 8.84. The van der Waals surface area contributed by atoms with E-state index >= 15 is 0 Å². The first-order chi connectivity index (χ1) is 11.4. The maximum atomic E-state index is 12.8. The second-order valence-corrected chi connectivity index (χ2v) is 8.34. The summed E-state index contributed by atoms with van der Waals surface area (Å²) >= 11 is 0. The van der Waals surface area contributed by atoms with Crippen LogP contribution in [0.5, 0.6) is 0 Å². The minimum atomic E-state index is -0.396. The zero-order valence-corrected chi connectivity index (χ0v) is 15.8. The van der Waals surface area contributed by atoms with Gasteiger partial charge in [-0.2, -0.15) is 0 Å². The fraction of sp³-hybridized carbons (Fsp3) is 0.895. The number of amides is 2. The SMILES string of the molecule is CC(C)CC(=O)NC(C(=O)N1CCC(NCC2CC2)CC1)C(C)C. The summed E-state index contributed by atoms with van der Waals surface area (Å²) in [5.74, 6) is 1.38. The van der Waals surface area contributed by atoms with Crippen LogP contribution in [0.3, 0.4) is 0 Å². The molecule has 1 heterocycles. The number of rotatable bonds is 8. The minimum Gasteiger partial charge on any atom is -0.344 e. The van der Waals surface area contributed by atoms with E-state index in [2.05, 4.69) is 10.6 Å². The Hall–Kier alpha value is -1.10. The number of carbonyl (C=O) groups excluding carboxylic acids is 2. The Labute approximate surface area is 146 Å². The molecule has 5 nitrogen and oxygen atoms in total. The topological polar surface area (TPSA) is 61.4 Å². The van der Waals surface area contributed by atoms with Gasteiger partial charge in [-0.3, -0.25) is 9.59 Å². The molecule has 5 heteroatoms. The first-order valence-corrected chi connectivity index (χ1v) is 9.68. The van der Waals surface area contributed by atoms with E-state index in [0.717, 1.165) is 38.4 Å². The summed E-state index contributed by atoms with van der Waals surface area (Å²) in [4.78, 5) is 26.8. The van der Waals surface area contributed by atoms with Crippen LogP contribution in [0.25, 0.3) is 0 Å². The molecular formula is C19H35N3O2. The molecule has 1 unspecified atom stereocenters. The van der Waals surface area contributed by atoms with Gasteiger partial charge in [0.15, 0.2) is 0 Å². The largest absolute Gasteiger partial charge is 0.344 e. The molecular weight excluding hydrogens is 302 g/mol. The number of nitrogens with zero attached hydrogens (tertiary/aromatic N) is 1. The summed E-state index contributed by atoms with van der Waals surface area (Å²) in [6, 6.07) is 0.148. The van der Waals surface area contributed by atoms with Gasteiger partial charge in [-0.1, -0.05) is 27.7 Å². The third-order valence-electron chi connectivity index (χ3n) is 5.04. The lowest BCUT2D eigenvalue weighted by molar-refractivity contribution is -0.138. The van der Waals surface area contributed by atoms with Gasteiger partial charge < -0.3 is 15.5 Å². The molecule has 2 rings (SSSR count). The fourth-order valence-electron chi connectivity index (χ4n) is 3.27. The molecule has 24 heavy (non-hydrogen) atoms. The number of likely N-dealkylation sites (tertiary alicyclic amines) is 1. The summed E-state index contributed by atoms with van der Waals surface area (Å²) in [6.45, 7) is 10.8. The first kappa shape index (κ1) is 19.2. The van der Waals surface area contributed by atoms with Crippen LogP contribution in [-0.4, -0.2) is 48.4 Å². The van der Waals surface area contributed by atoms with E-state index in [-0.39, 0.29) is 17.7 Å². The van der Waals surface area contributed by atoms with Crippen LogP contribution in [0.15, 0.2) is 0 Å². The van der Waals surface area contributed by atoms with Crippen molar-refractivity contribution in [2.75, 3.05) is 19.6 Å². The lowest BCUT2D eigenvalue weighted by atomic mass is 9.99. The molecule has 0 radical (unpaired) electrons. The molecule has 1 saturated carbocycles. The summed E-state index contributed by atoms with van der Waals surface area (Å²) in [7, 11) is 0. The van der Waals surface area contributed by atoms with Crippen molar-refractivity contribution < 1.29 is 9.59 Å². The smallest absolute Gasteiger partial charge is 0.245 e. The quantitative estimate of drug-likeness (QED) is 0.713. The molecule has 2 aliphatic rings. The first-order valence-electron chi connectivity index (χ1n) is 9.68. The highest BCUT2D eigenvalue weighted by molar-refractivity contribution is 5.88. The van der Waals surface area contributed by atoms with Gasteiger partial charge in [0, 0.05) is 25.6 Å². The summed E-state index contributed by atoms with van der Waals surface area (Å²) in [5.41, 5.74) is 0. The van der Waals surface area contributed by atoms with Gasteiger partial charge in [0.1, 0.15) is 6.04 Å². The van der Waals surface area contributed by atoms with Crippen molar-refractivity contribution in [2.45, 2.75) is 71.9 Å². The Kier molecular flexibility index (Phi) is 7.08. The number of hydrogen-bond donors (Lipinski definition) is 2. The normalized spacial score (nSPS) is 20.5. The molecule has 1 saturated heterocycles. The molecule has 0 aromatic heterocycles. The van der Waals surface area contributed by atoms with E-state index in [1.54, 1.807) is 0 Å². The predicted octanol–water partition coefficient (Wildman–Crippen LogP) is 2.16. The van der Waals surface area contributed by atoms with Crippen LogP contribution in [0.4, 0.5) is 0 Å². The Balaban J connectivity index is 1.80. The lowest BCUT2D eigenvalue weighted by Gasteiger charge is -2.36. The molecule has 0 aromatic carbocycles. The molecule has 2 amide bonds. The van der Waals surface area contributed by atoms with Crippen LogP contribution in [0, 0.1) is 17.8 Å². The summed E-state index contributed by atoms with van der Waals surface area (Å²) in [5, 5.41) is 6.60. The van der Waals surface area contributed by atoms with Crippen LogP contribution in [0.1, 0.15) is 59.8 Å². The molecule has 1 atom stereocenters. The zero-order valence-electron chi connectivity index (χ0n) is 15.8. The Morgan fingerprint density at radius 1 is 1.04 bits per heavy atom. The highest BCUT2D eigenvalue weighted by Crippen LogP contribution is 2.28. The molecule has 138 valence electrons. The van der Waals surface area contributed by atoms with Gasteiger partial charge in [-0.05, 0) is 50.0 Å². The van der Waals surface area contributed by atoms with E-state index in [1.165, 1.54) is 12.8 Å². The fourth-order valence-corrected chi connectivity index (χ4v) is 3.27. The Morgan fingerprint density at radius 3 is 2.17 bits per heavy atom. The molecule has 0 bridgehead atoms. The average Bonchev–Trinajstić information content (AvgIpc) is 3.34. The van der Waals surface area contributed by atoms with Gasteiger partial charge in [0.25, 0.3) is 0 Å². The van der Waals surface area contributed by atoms with Gasteiger partial charge in [-0.15, -0.1) is 0 Å². The monoisotopic (exact) mass is 337 g/mol. The predicted molar refractivity (Wildman–Crippen MR) is 96.6 cm³/mol. The van der Waals surface area contributed by atoms with Crippen molar-refractivity contribution >= 4 is 11.8 Å². The highest BCUT2D eigenvalue weighted by Gasteiger charge is 2.31. The lowest BCUT2D eigenvalue weighted by Crippen LogP contribution is -2.54. The van der Waals surface area contributed by atoms with Crippen molar-refractivity contribution in [2.24, 2.45) is 17.8 Å². The molecule has 0 aromatic rings. The van der Waals surface area contributed by atoms with Crippen LogP contribution in [-0.2, 0) is 9.59 Å². The zero-order chi connectivity index (χ0) is 17.7. The van der Waals surface area contributed by atoms with Crippen molar-refractivity contribution in [3.63, 3.8) is 0 Å². The van der Waals surface area contributed by atoms with Crippen molar-refractivity contribution in [3.8, 4) is 0 Å². The van der Waals surface area contributed by atoms with Gasteiger partial charge in [0.05, 0.1) is 0 Å². The second-order valence-electron chi connectivity index (χ2n) is 8.34. The van der Waals surface area contributed by atoms with Crippen LogP contribution >= 0.6 is 0 Å². The standard InChI is InChI=1S/C19H35N3O2/c1-13(2)11-17(23)21-18(14(3)4)19(24)22-9-7-16(8-10-22)20-12-15-5-6-15/h13-16,18,20H,5-12H2,1-4H3,(H,21,23).